The maximum Gasteiger partial charge on any atom is 0.336 e. The molecular weight excluding hydrogens is 676 g/mol. The van der Waals surface area contributed by atoms with Gasteiger partial charge < -0.3 is 29.9 Å². The van der Waals surface area contributed by atoms with E-state index in [1.54, 1.807) is 0 Å². The van der Waals surface area contributed by atoms with Crippen LogP contribution in [0.4, 0.5) is 0 Å². The predicted molar refractivity (Wildman–Crippen MR) is 202 cm³/mol. The Kier molecular flexibility index (Phi) is 11.8. The smallest absolute Gasteiger partial charge is 0.336 e. The van der Waals surface area contributed by atoms with Gasteiger partial charge in [0.25, 0.3) is 0 Å². The van der Waals surface area contributed by atoms with Gasteiger partial charge in [-0.3, -0.25) is 0 Å². The molecular formula is C43H48O10. The van der Waals surface area contributed by atoms with Crippen molar-refractivity contribution < 1.29 is 49.1 Å². The Labute approximate surface area is 310 Å². The van der Waals surface area contributed by atoms with E-state index in [2.05, 4.69) is 93.5 Å². The molecule has 0 spiro atoms. The normalized spacial score (nSPS) is 11.7. The Morgan fingerprint density at radius 1 is 0.453 bits per heavy atom. The number of ether oxygens (including phenoxy) is 2. The number of hydrogen-bond donors (Lipinski definition) is 4. The highest BCUT2D eigenvalue weighted by Crippen LogP contribution is 2.46. The van der Waals surface area contributed by atoms with E-state index in [0.29, 0.717) is 11.5 Å². The van der Waals surface area contributed by atoms with Crippen molar-refractivity contribution in [3.05, 3.63) is 116 Å². The van der Waals surface area contributed by atoms with Crippen molar-refractivity contribution in [2.75, 3.05) is 0 Å². The van der Waals surface area contributed by atoms with Gasteiger partial charge in [0.05, 0.1) is 22.3 Å². The average Bonchev–Trinajstić information content (AvgIpc) is 3.07. The Morgan fingerprint density at radius 2 is 0.717 bits per heavy atom. The number of carboxylic acid groups (broad SMARTS) is 4. The first-order chi connectivity index (χ1) is 24.6. The van der Waals surface area contributed by atoms with E-state index in [-0.39, 0.29) is 57.4 Å². The van der Waals surface area contributed by atoms with Crippen LogP contribution in [0.2, 0.25) is 0 Å². The third-order valence-electron chi connectivity index (χ3n) is 9.57. The molecule has 0 heterocycles. The van der Waals surface area contributed by atoms with Gasteiger partial charge in [0.15, 0.2) is 0 Å². The van der Waals surface area contributed by atoms with Crippen LogP contribution >= 0.6 is 0 Å². The van der Waals surface area contributed by atoms with Crippen LogP contribution in [0.25, 0.3) is 0 Å². The van der Waals surface area contributed by atoms with Crippen molar-refractivity contribution in [1.82, 2.24) is 0 Å². The number of hydrogen-bond acceptors (Lipinski definition) is 6. The van der Waals surface area contributed by atoms with Gasteiger partial charge in [0.1, 0.15) is 23.0 Å². The molecule has 0 aliphatic rings. The minimum atomic E-state index is -1.36. The molecule has 0 saturated heterocycles. The molecule has 280 valence electrons. The van der Waals surface area contributed by atoms with E-state index in [0.717, 1.165) is 33.4 Å². The van der Waals surface area contributed by atoms with Crippen molar-refractivity contribution in [3.8, 4) is 23.0 Å². The fourth-order valence-corrected chi connectivity index (χ4v) is 6.32. The summed E-state index contributed by atoms with van der Waals surface area (Å²) >= 11 is 0. The van der Waals surface area contributed by atoms with Gasteiger partial charge in [-0.05, 0) is 93.5 Å². The summed E-state index contributed by atoms with van der Waals surface area (Å²) in [5, 5.41) is 38.5. The second kappa shape index (κ2) is 15.5. The van der Waals surface area contributed by atoms with Crippen LogP contribution in [0, 0.1) is 0 Å². The topological polar surface area (TPSA) is 168 Å². The zero-order valence-electron chi connectivity index (χ0n) is 31.8. The van der Waals surface area contributed by atoms with Crippen molar-refractivity contribution in [1.29, 1.82) is 0 Å². The molecule has 4 aromatic carbocycles. The first-order valence-electron chi connectivity index (χ1n) is 17.6. The molecule has 0 unspecified atom stereocenters. The van der Waals surface area contributed by atoms with Crippen LogP contribution in [0.1, 0.15) is 168 Å². The van der Waals surface area contributed by atoms with Crippen LogP contribution in [-0.2, 0) is 5.41 Å². The zero-order chi connectivity index (χ0) is 39.7. The predicted octanol–water partition coefficient (Wildman–Crippen LogP) is 10.9. The van der Waals surface area contributed by atoms with Gasteiger partial charge in [0.2, 0.25) is 0 Å². The van der Waals surface area contributed by atoms with E-state index >= 15 is 0 Å². The molecule has 10 heteroatoms. The summed E-state index contributed by atoms with van der Waals surface area (Å²) in [4.78, 5) is 47.2. The summed E-state index contributed by atoms with van der Waals surface area (Å²) in [7, 11) is 0. The number of carbonyl (C=O) groups is 4. The first kappa shape index (κ1) is 40.1. The van der Waals surface area contributed by atoms with Crippen molar-refractivity contribution in [2.24, 2.45) is 0 Å². The number of benzene rings is 4. The lowest BCUT2D eigenvalue weighted by molar-refractivity contribution is 0.0651. The largest absolute Gasteiger partial charge is 0.478 e. The van der Waals surface area contributed by atoms with Gasteiger partial charge in [0, 0.05) is 5.41 Å². The van der Waals surface area contributed by atoms with E-state index in [1.165, 1.54) is 36.4 Å². The van der Waals surface area contributed by atoms with E-state index in [4.69, 9.17) is 9.47 Å². The molecule has 0 saturated carbocycles. The van der Waals surface area contributed by atoms with Crippen LogP contribution in [0.5, 0.6) is 23.0 Å². The van der Waals surface area contributed by atoms with Gasteiger partial charge in [-0.1, -0.05) is 93.5 Å². The highest BCUT2D eigenvalue weighted by molar-refractivity contribution is 6.02. The van der Waals surface area contributed by atoms with Crippen LogP contribution < -0.4 is 9.47 Å². The average molecular weight is 725 g/mol. The zero-order valence-corrected chi connectivity index (χ0v) is 31.8. The van der Waals surface area contributed by atoms with Gasteiger partial charge >= 0.3 is 23.9 Å². The fraction of sp³-hybridized carbons (Fsp3) is 0.349. The van der Waals surface area contributed by atoms with Gasteiger partial charge in [-0.15, -0.1) is 0 Å². The Morgan fingerprint density at radius 3 is 0.943 bits per heavy atom. The molecule has 0 amide bonds. The van der Waals surface area contributed by atoms with Crippen LogP contribution in [0.15, 0.2) is 60.7 Å². The first-order valence-corrected chi connectivity index (χ1v) is 17.6. The molecule has 0 radical (unpaired) electrons. The minimum Gasteiger partial charge on any atom is -0.478 e. The molecule has 10 nitrogen and oxygen atoms in total. The van der Waals surface area contributed by atoms with E-state index in [1.807, 2.05) is 0 Å². The molecule has 0 fully saturated rings. The molecule has 4 aromatic rings. The number of carboxylic acids is 4. The summed E-state index contributed by atoms with van der Waals surface area (Å²) in [5.41, 5.74) is 3.77. The highest BCUT2D eigenvalue weighted by Gasteiger charge is 2.31. The lowest BCUT2D eigenvalue weighted by Gasteiger charge is -2.32. The van der Waals surface area contributed by atoms with Crippen molar-refractivity contribution >= 4 is 23.9 Å². The SMILES string of the molecule is CC(C)c1cc(C(C)(C)c2cc(C(C)C)c(Oc3ccc(C(=O)O)c(C(=O)O)c3)c(C(C)C)c2)cc(C(C)C)c1Oc1ccc(C(=O)O)c(C(=O)O)c1. The summed E-state index contributed by atoms with van der Waals surface area (Å²) in [5.74, 6) is -3.75. The highest BCUT2D eigenvalue weighted by atomic mass is 16.5. The van der Waals surface area contributed by atoms with E-state index < -0.39 is 29.3 Å². The maximum atomic E-state index is 11.9. The summed E-state index contributed by atoms with van der Waals surface area (Å²) in [6.07, 6.45) is 0. The maximum absolute atomic E-state index is 11.9. The summed E-state index contributed by atoms with van der Waals surface area (Å²) < 4.78 is 12.9. The van der Waals surface area contributed by atoms with Crippen LogP contribution in [0.3, 0.4) is 0 Å². The Hall–Kier alpha value is -5.64. The van der Waals surface area contributed by atoms with Crippen molar-refractivity contribution in [3.63, 3.8) is 0 Å². The third-order valence-corrected chi connectivity index (χ3v) is 9.57. The van der Waals surface area contributed by atoms with Gasteiger partial charge in [-0.2, -0.15) is 0 Å². The fourth-order valence-electron chi connectivity index (χ4n) is 6.32. The van der Waals surface area contributed by atoms with Gasteiger partial charge in [-0.25, -0.2) is 19.2 Å². The second-order valence-corrected chi connectivity index (χ2v) is 15.1. The lowest BCUT2D eigenvalue weighted by atomic mass is 9.73. The molecule has 53 heavy (non-hydrogen) atoms. The quantitative estimate of drug-likeness (QED) is 0.0982. The molecule has 4 N–H and O–H groups in total. The second-order valence-electron chi connectivity index (χ2n) is 15.1. The standard InChI is InChI=1S/C43H48O10/c1-21(2)31-15-25(16-32(22(3)4)37(31)52-27-11-13-29(39(44)45)35(19-27)41(48)49)43(9,10)26-17-33(23(5)6)38(34(18-26)24(7)8)53-28-12-14-30(40(46)47)36(20-28)42(50)51/h11-24H,1-10H3,(H,44,45)(H,46,47)(H,48,49)(H,50,51). The number of rotatable bonds is 14. The van der Waals surface area contributed by atoms with E-state index in [9.17, 15) is 39.6 Å². The third kappa shape index (κ3) is 8.38. The minimum absolute atomic E-state index is 0.00641. The summed E-state index contributed by atoms with van der Waals surface area (Å²) in [6.45, 7) is 20.7. The molecule has 4 rings (SSSR count). The van der Waals surface area contributed by atoms with Crippen molar-refractivity contribution in [2.45, 2.75) is 98.3 Å². The summed E-state index contributed by atoms with van der Waals surface area (Å²) in [6, 6.07) is 16.4. The molecule has 0 aromatic heterocycles. The molecule has 0 bridgehead atoms. The molecule has 0 atom stereocenters. The lowest BCUT2D eigenvalue weighted by Crippen LogP contribution is -2.21. The Bertz CT molecular complexity index is 1880. The monoisotopic (exact) mass is 724 g/mol. The Balaban J connectivity index is 1.89. The van der Waals surface area contributed by atoms with Crippen LogP contribution in [-0.4, -0.2) is 44.3 Å². The molecule has 0 aliphatic carbocycles. The number of aromatic carboxylic acids is 4. The molecule has 0 aliphatic heterocycles.